The van der Waals surface area contributed by atoms with E-state index in [0.29, 0.717) is 23.3 Å². The highest BCUT2D eigenvalue weighted by molar-refractivity contribution is 5.96. The molecule has 8 heteroatoms. The zero-order valence-corrected chi connectivity index (χ0v) is 21.9. The van der Waals surface area contributed by atoms with Crippen LogP contribution in [0.4, 0.5) is 0 Å². The van der Waals surface area contributed by atoms with Gasteiger partial charge in [-0.3, -0.25) is 0 Å². The number of nitriles is 2. The van der Waals surface area contributed by atoms with Gasteiger partial charge in [-0.25, -0.2) is 40.1 Å². The van der Waals surface area contributed by atoms with Gasteiger partial charge in [0, 0.05) is 41.1 Å². The van der Waals surface area contributed by atoms with Crippen molar-refractivity contribution in [3.63, 3.8) is 0 Å². The number of aromatic nitrogens is 4. The molecule has 192 valence electrons. The summed E-state index contributed by atoms with van der Waals surface area (Å²) in [6.45, 7) is 15.9. The Morgan fingerprint density at radius 2 is 1.00 bits per heavy atom. The molecule has 0 unspecified atom stereocenters. The van der Waals surface area contributed by atoms with Gasteiger partial charge in [0.1, 0.15) is 12.7 Å². The second kappa shape index (κ2) is 9.61. The Hall–Kier alpha value is -6.48. The van der Waals surface area contributed by atoms with Crippen molar-refractivity contribution in [2.24, 2.45) is 0 Å². The molecule has 42 heavy (non-hydrogen) atoms. The van der Waals surface area contributed by atoms with Crippen molar-refractivity contribution in [2.45, 2.75) is 12.8 Å². The Morgan fingerprint density at radius 1 is 0.595 bits per heavy atom. The van der Waals surface area contributed by atoms with Gasteiger partial charge in [0.05, 0.1) is 25.3 Å². The molecule has 2 aliphatic carbocycles. The zero-order chi connectivity index (χ0) is 28.8. The van der Waals surface area contributed by atoms with Crippen LogP contribution >= 0.6 is 0 Å². The molecule has 8 nitrogen and oxygen atoms in total. The van der Waals surface area contributed by atoms with E-state index in [9.17, 15) is 10.5 Å². The van der Waals surface area contributed by atoms with Crippen LogP contribution in [-0.2, 0) is 12.8 Å². The van der Waals surface area contributed by atoms with Gasteiger partial charge in [0.15, 0.2) is 0 Å². The summed E-state index contributed by atoms with van der Waals surface area (Å²) in [6, 6.07) is 16.1. The van der Waals surface area contributed by atoms with Gasteiger partial charge in [-0.2, -0.15) is 0 Å². The van der Waals surface area contributed by atoms with Crippen LogP contribution in [0, 0.1) is 35.8 Å². The largest absolute Gasteiger partial charge is 0.270 e. The summed E-state index contributed by atoms with van der Waals surface area (Å²) >= 11 is 0. The Labute approximate surface area is 240 Å². The minimum Gasteiger partial charge on any atom is -0.244 e. The van der Waals surface area contributed by atoms with Gasteiger partial charge in [-0.15, -0.1) is 0 Å². The number of hydrogen-bond acceptors (Lipinski definition) is 6. The molecule has 0 aliphatic heterocycles. The topological polar surface area (TPSA) is 108 Å². The molecule has 0 saturated carbocycles. The Bertz CT molecular complexity index is 2120. The fraction of sp³-hybridized carbons (Fsp3) is 0.0588. The van der Waals surface area contributed by atoms with Crippen molar-refractivity contribution in [3.05, 3.63) is 129 Å². The Morgan fingerprint density at radius 3 is 1.40 bits per heavy atom. The molecule has 0 saturated heterocycles. The van der Waals surface area contributed by atoms with E-state index in [1.807, 2.05) is 36.4 Å². The lowest BCUT2D eigenvalue weighted by atomic mass is 9.90. The minimum absolute atomic E-state index is 0.00910. The molecular weight excluding hydrogens is 520 g/mol. The quantitative estimate of drug-likeness (QED) is 0.293. The van der Waals surface area contributed by atoms with Crippen molar-refractivity contribution >= 4 is 11.4 Å². The van der Waals surface area contributed by atoms with E-state index in [-0.39, 0.29) is 11.4 Å². The molecule has 5 aromatic rings. The predicted octanol–water partition coefficient (Wildman–Crippen LogP) is 4.85. The number of hydrogen-bond donors (Lipinski definition) is 0. The maximum absolute atomic E-state index is 10.2. The van der Waals surface area contributed by atoms with Crippen molar-refractivity contribution in [2.75, 3.05) is 0 Å². The van der Waals surface area contributed by atoms with E-state index < -0.39 is 0 Å². The van der Waals surface area contributed by atoms with Crippen LogP contribution in [0.3, 0.4) is 0 Å². The van der Waals surface area contributed by atoms with Crippen LogP contribution in [0.5, 0.6) is 0 Å². The Balaban J connectivity index is 1.68. The smallest absolute Gasteiger partial charge is 0.244 e. The van der Waals surface area contributed by atoms with Gasteiger partial charge in [-0.05, 0) is 73.7 Å². The van der Waals surface area contributed by atoms with E-state index in [0.717, 1.165) is 66.8 Å². The zero-order valence-electron chi connectivity index (χ0n) is 21.9. The highest BCUT2D eigenvalue weighted by Crippen LogP contribution is 2.44. The van der Waals surface area contributed by atoms with E-state index in [1.54, 1.807) is 24.8 Å². The number of fused-ring (bicyclic) bond motifs is 6. The maximum atomic E-state index is 10.2. The third kappa shape index (κ3) is 3.44. The second-order valence-electron chi connectivity index (χ2n) is 9.87. The summed E-state index contributed by atoms with van der Waals surface area (Å²) < 4.78 is 0. The molecular formula is C34H16N8. The predicted molar refractivity (Wildman–Crippen MR) is 155 cm³/mol. The van der Waals surface area contributed by atoms with Crippen LogP contribution < -0.4 is 10.4 Å². The lowest BCUT2D eigenvalue weighted by Gasteiger charge is -2.13. The van der Waals surface area contributed by atoms with Crippen molar-refractivity contribution < 1.29 is 0 Å². The first-order valence-electron chi connectivity index (χ1n) is 13.0. The monoisotopic (exact) mass is 536 g/mol. The summed E-state index contributed by atoms with van der Waals surface area (Å²) in [5.74, 6) is 0. The lowest BCUT2D eigenvalue weighted by Crippen LogP contribution is -2.25. The summed E-state index contributed by atoms with van der Waals surface area (Å²) in [4.78, 5) is 24.1. The summed E-state index contributed by atoms with van der Waals surface area (Å²) in [7, 11) is 0. The van der Waals surface area contributed by atoms with E-state index in [4.69, 9.17) is 13.1 Å². The maximum Gasteiger partial charge on any atom is 0.270 e. The average molecular weight is 537 g/mol. The van der Waals surface area contributed by atoms with E-state index in [1.165, 1.54) is 12.7 Å². The molecule has 0 fully saturated rings. The van der Waals surface area contributed by atoms with Crippen LogP contribution in [0.2, 0.25) is 0 Å². The molecule has 2 aromatic heterocycles. The number of nitrogens with zero attached hydrogens (tertiary/aromatic N) is 8. The standard InChI is InChI=1S/C34H16N8/c1-37-29(11-35)31-27-9-25-21(19-13-39-17-40-14-19)5-3-7-23(25)32(27)34(30(12-36)38-2)33-24-8-4-6-22(26(24)10-28(31)33)20-15-41-18-42-16-20/h3-8,13-18H,9-10H2. The molecule has 0 bridgehead atoms. The average Bonchev–Trinajstić information content (AvgIpc) is 3.63. The van der Waals surface area contributed by atoms with Crippen molar-refractivity contribution in [1.82, 2.24) is 19.9 Å². The van der Waals surface area contributed by atoms with E-state index >= 15 is 0 Å². The first kappa shape index (κ1) is 24.6. The minimum atomic E-state index is -0.0297. The van der Waals surface area contributed by atoms with Crippen LogP contribution in [0.1, 0.15) is 22.3 Å². The van der Waals surface area contributed by atoms with Crippen LogP contribution in [0.15, 0.2) is 73.8 Å². The third-order valence-corrected chi connectivity index (χ3v) is 7.96. The molecule has 0 amide bonds. The summed E-state index contributed by atoms with van der Waals surface area (Å²) in [5, 5.41) is 21.5. The molecule has 3 aromatic carbocycles. The van der Waals surface area contributed by atoms with Gasteiger partial charge >= 0.3 is 0 Å². The first-order chi connectivity index (χ1) is 20.7. The molecule has 0 atom stereocenters. The molecule has 0 N–H and O–H groups in total. The highest BCUT2D eigenvalue weighted by atomic mass is 14.8. The normalized spacial score (nSPS) is 11.5. The van der Waals surface area contributed by atoms with Gasteiger partial charge in [0.25, 0.3) is 11.4 Å². The Kier molecular flexibility index (Phi) is 5.62. The van der Waals surface area contributed by atoms with Gasteiger partial charge < -0.3 is 0 Å². The highest BCUT2D eigenvalue weighted by Gasteiger charge is 2.33. The van der Waals surface area contributed by atoms with Crippen molar-refractivity contribution in [3.8, 4) is 56.6 Å². The fourth-order valence-electron chi connectivity index (χ4n) is 6.40. The first-order valence-corrected chi connectivity index (χ1v) is 13.0. The lowest BCUT2D eigenvalue weighted by molar-refractivity contribution is 1.15. The van der Waals surface area contributed by atoms with Gasteiger partial charge in [0.2, 0.25) is 0 Å². The molecule has 2 heterocycles. The molecule has 0 spiro atoms. The summed E-state index contributed by atoms with van der Waals surface area (Å²) in [6.07, 6.45) is 10.8. The van der Waals surface area contributed by atoms with Crippen LogP contribution in [-0.4, -0.2) is 19.9 Å². The molecule has 0 radical (unpaired) electrons. The third-order valence-electron chi connectivity index (χ3n) is 7.96. The molecule has 7 rings (SSSR count). The van der Waals surface area contributed by atoms with E-state index in [2.05, 4.69) is 41.8 Å². The van der Waals surface area contributed by atoms with Crippen LogP contribution in [0.25, 0.3) is 65.6 Å². The van der Waals surface area contributed by atoms with Gasteiger partial charge in [-0.1, -0.05) is 36.4 Å². The molecule has 2 aliphatic rings. The number of rotatable bonds is 2. The second-order valence-corrected chi connectivity index (χ2v) is 9.87. The summed E-state index contributed by atoms with van der Waals surface area (Å²) in [5.41, 5.74) is 10.2. The fourth-order valence-corrected chi connectivity index (χ4v) is 6.40. The number of benzene rings is 3. The van der Waals surface area contributed by atoms with Crippen molar-refractivity contribution in [1.29, 1.82) is 10.5 Å². The SMILES string of the molecule is [C-]#[N+]C(C#N)=c1c2c(c(=C(C#N)[N+]#[C-])c3c1Cc1c(-c4cncnc4)cccc1-3)-c1cccc(-c3cncnc3)c1C2.